The first-order valence-electron chi connectivity index (χ1n) is 5.90. The number of nitro benzene ring substituents is 1. The van der Waals surface area contributed by atoms with Gasteiger partial charge in [-0.15, -0.1) is 0 Å². The highest BCUT2D eigenvalue weighted by molar-refractivity contribution is 9.08. The van der Waals surface area contributed by atoms with Gasteiger partial charge in [0.2, 0.25) is 0 Å². The summed E-state index contributed by atoms with van der Waals surface area (Å²) < 4.78 is 24.3. The van der Waals surface area contributed by atoms with Gasteiger partial charge in [0.05, 0.1) is 18.1 Å². The zero-order valence-electron chi connectivity index (χ0n) is 11.0. The lowest BCUT2D eigenvalue weighted by Crippen LogP contribution is -1.95. The lowest BCUT2D eigenvalue weighted by atomic mass is 10.2. The van der Waals surface area contributed by atoms with Gasteiger partial charge in [-0.1, -0.05) is 22.0 Å². The van der Waals surface area contributed by atoms with E-state index in [0.717, 1.165) is 5.56 Å². The number of alkyl halides is 1. The maximum absolute atomic E-state index is 13.9. The van der Waals surface area contributed by atoms with Gasteiger partial charge in [0.1, 0.15) is 0 Å². The van der Waals surface area contributed by atoms with Crippen LogP contribution in [-0.2, 0) is 5.33 Å². The fourth-order valence-electron chi connectivity index (χ4n) is 1.68. The molecular weight excluding hydrogens is 345 g/mol. The van der Waals surface area contributed by atoms with E-state index < -0.39 is 10.7 Å². The standard InChI is InChI=1S/C14H11BrFNO4/c1-20-14-7-10(17(18)19)3-5-13(14)21-12-4-2-9(8-15)6-11(12)16/h2-7H,8H2,1H3. The number of hydrogen-bond acceptors (Lipinski definition) is 4. The van der Waals surface area contributed by atoms with Crippen LogP contribution in [-0.4, -0.2) is 12.0 Å². The summed E-state index contributed by atoms with van der Waals surface area (Å²) in [5.41, 5.74) is 0.643. The lowest BCUT2D eigenvalue weighted by molar-refractivity contribution is -0.384. The predicted octanol–water partition coefficient (Wildman–Crippen LogP) is 4.43. The molecule has 0 radical (unpaired) electrons. The zero-order chi connectivity index (χ0) is 15.4. The van der Waals surface area contributed by atoms with Gasteiger partial charge in [0.25, 0.3) is 5.69 Å². The van der Waals surface area contributed by atoms with Crippen molar-refractivity contribution in [2.24, 2.45) is 0 Å². The molecule has 0 amide bonds. The summed E-state index contributed by atoms with van der Waals surface area (Å²) >= 11 is 3.24. The molecule has 0 unspecified atom stereocenters. The molecule has 2 aromatic carbocycles. The van der Waals surface area contributed by atoms with Crippen molar-refractivity contribution >= 4 is 21.6 Å². The molecule has 0 spiro atoms. The van der Waals surface area contributed by atoms with E-state index in [-0.39, 0.29) is 22.9 Å². The van der Waals surface area contributed by atoms with Gasteiger partial charge in [-0.3, -0.25) is 10.1 Å². The summed E-state index contributed by atoms with van der Waals surface area (Å²) in [6.45, 7) is 0. The Morgan fingerprint density at radius 1 is 1.19 bits per heavy atom. The van der Waals surface area contributed by atoms with Crippen LogP contribution in [0.15, 0.2) is 36.4 Å². The summed E-state index contributed by atoms with van der Waals surface area (Å²) in [4.78, 5) is 10.2. The number of rotatable bonds is 5. The number of halogens is 2. The minimum atomic E-state index is -0.544. The molecule has 110 valence electrons. The van der Waals surface area contributed by atoms with Gasteiger partial charge in [0, 0.05) is 11.4 Å². The van der Waals surface area contributed by atoms with Crippen LogP contribution in [0, 0.1) is 15.9 Å². The van der Waals surface area contributed by atoms with E-state index in [9.17, 15) is 14.5 Å². The first-order chi connectivity index (χ1) is 10.0. The minimum absolute atomic E-state index is 0.0202. The molecule has 0 aromatic heterocycles. The molecule has 0 heterocycles. The fraction of sp³-hybridized carbons (Fsp3) is 0.143. The molecule has 2 aromatic rings. The third-order valence-corrected chi connectivity index (χ3v) is 3.38. The first kappa shape index (κ1) is 15.2. The number of ether oxygens (including phenoxy) is 2. The monoisotopic (exact) mass is 355 g/mol. The summed E-state index contributed by atoms with van der Waals surface area (Å²) in [5.74, 6) is -0.138. The van der Waals surface area contributed by atoms with Gasteiger partial charge in [0.15, 0.2) is 23.1 Å². The quantitative estimate of drug-likeness (QED) is 0.452. The molecule has 0 fully saturated rings. The van der Waals surface area contributed by atoms with Crippen LogP contribution < -0.4 is 9.47 Å². The van der Waals surface area contributed by atoms with E-state index in [1.54, 1.807) is 6.07 Å². The van der Waals surface area contributed by atoms with Crippen molar-refractivity contribution in [3.8, 4) is 17.2 Å². The number of hydrogen-bond donors (Lipinski definition) is 0. The zero-order valence-corrected chi connectivity index (χ0v) is 12.6. The second kappa shape index (κ2) is 6.53. The van der Waals surface area contributed by atoms with Gasteiger partial charge in [-0.2, -0.15) is 0 Å². The van der Waals surface area contributed by atoms with Gasteiger partial charge in [-0.05, 0) is 23.8 Å². The van der Waals surface area contributed by atoms with Crippen molar-refractivity contribution in [3.05, 3.63) is 57.9 Å². The topological polar surface area (TPSA) is 61.6 Å². The van der Waals surface area contributed by atoms with Gasteiger partial charge >= 0.3 is 0 Å². The SMILES string of the molecule is COc1cc([N+](=O)[O-])ccc1Oc1ccc(CBr)cc1F. The van der Waals surface area contributed by atoms with Crippen molar-refractivity contribution < 1.29 is 18.8 Å². The van der Waals surface area contributed by atoms with Crippen LogP contribution in [0.1, 0.15) is 5.56 Å². The van der Waals surface area contributed by atoms with Crippen LogP contribution in [0.5, 0.6) is 17.2 Å². The van der Waals surface area contributed by atoms with Crippen molar-refractivity contribution in [3.63, 3.8) is 0 Å². The van der Waals surface area contributed by atoms with Crippen LogP contribution >= 0.6 is 15.9 Å². The van der Waals surface area contributed by atoms with Crippen molar-refractivity contribution in [2.45, 2.75) is 5.33 Å². The first-order valence-corrected chi connectivity index (χ1v) is 7.02. The number of benzene rings is 2. The number of nitro groups is 1. The van der Waals surface area contributed by atoms with Gasteiger partial charge in [-0.25, -0.2) is 4.39 Å². The van der Waals surface area contributed by atoms with Crippen molar-refractivity contribution in [1.29, 1.82) is 0 Å². The molecule has 0 N–H and O–H groups in total. The van der Waals surface area contributed by atoms with E-state index in [4.69, 9.17) is 9.47 Å². The molecule has 7 heteroatoms. The van der Waals surface area contributed by atoms with E-state index >= 15 is 0 Å². The summed E-state index contributed by atoms with van der Waals surface area (Å²) in [7, 11) is 1.36. The summed E-state index contributed by atoms with van der Waals surface area (Å²) in [6, 6.07) is 8.41. The molecule has 0 aliphatic rings. The van der Waals surface area contributed by atoms with Crippen LogP contribution in [0.4, 0.5) is 10.1 Å². The molecule has 0 aliphatic heterocycles. The Balaban J connectivity index is 2.33. The van der Waals surface area contributed by atoms with Crippen LogP contribution in [0.25, 0.3) is 0 Å². The fourth-order valence-corrected chi connectivity index (χ4v) is 2.03. The second-order valence-corrected chi connectivity index (χ2v) is 4.65. The van der Waals surface area contributed by atoms with E-state index in [0.29, 0.717) is 5.33 Å². The molecule has 0 aliphatic carbocycles. The smallest absolute Gasteiger partial charge is 0.273 e. The van der Waals surface area contributed by atoms with Crippen molar-refractivity contribution in [1.82, 2.24) is 0 Å². The summed E-state index contributed by atoms with van der Waals surface area (Å²) in [5, 5.41) is 11.2. The maximum Gasteiger partial charge on any atom is 0.273 e. The van der Waals surface area contributed by atoms with Crippen LogP contribution in [0.2, 0.25) is 0 Å². The Bertz CT molecular complexity index is 678. The third-order valence-electron chi connectivity index (χ3n) is 2.73. The highest BCUT2D eigenvalue weighted by Gasteiger charge is 2.14. The van der Waals surface area contributed by atoms with Gasteiger partial charge < -0.3 is 9.47 Å². The van der Waals surface area contributed by atoms with E-state index in [2.05, 4.69) is 15.9 Å². The molecule has 2 rings (SSSR count). The number of methoxy groups -OCH3 is 1. The third kappa shape index (κ3) is 3.49. The molecule has 5 nitrogen and oxygen atoms in total. The van der Waals surface area contributed by atoms with Crippen LogP contribution in [0.3, 0.4) is 0 Å². The molecule has 0 bridgehead atoms. The Kier molecular flexibility index (Phi) is 4.74. The average Bonchev–Trinajstić information content (AvgIpc) is 2.49. The predicted molar refractivity (Wildman–Crippen MR) is 78.8 cm³/mol. The number of non-ortho nitro benzene ring substituents is 1. The Hall–Kier alpha value is -2.15. The molecule has 0 saturated heterocycles. The lowest BCUT2D eigenvalue weighted by Gasteiger charge is -2.11. The Morgan fingerprint density at radius 2 is 1.90 bits per heavy atom. The molecule has 21 heavy (non-hydrogen) atoms. The minimum Gasteiger partial charge on any atom is -0.493 e. The summed E-state index contributed by atoms with van der Waals surface area (Å²) in [6.07, 6.45) is 0. The van der Waals surface area contributed by atoms with E-state index in [1.807, 2.05) is 0 Å². The second-order valence-electron chi connectivity index (χ2n) is 4.09. The Morgan fingerprint density at radius 3 is 2.48 bits per heavy atom. The highest BCUT2D eigenvalue weighted by Crippen LogP contribution is 2.35. The normalized spacial score (nSPS) is 10.2. The largest absolute Gasteiger partial charge is 0.493 e. The highest BCUT2D eigenvalue weighted by atomic mass is 79.9. The Labute approximate surface area is 128 Å². The van der Waals surface area contributed by atoms with Crippen molar-refractivity contribution in [2.75, 3.05) is 7.11 Å². The average molecular weight is 356 g/mol. The van der Waals surface area contributed by atoms with E-state index in [1.165, 1.54) is 37.4 Å². The molecule has 0 saturated carbocycles. The molecule has 0 atom stereocenters. The number of nitrogens with zero attached hydrogens (tertiary/aromatic N) is 1. The molecular formula is C14H11BrFNO4. The maximum atomic E-state index is 13.9.